The summed E-state index contributed by atoms with van der Waals surface area (Å²) in [7, 11) is 0. The first-order chi connectivity index (χ1) is 14.9. The van der Waals surface area contributed by atoms with Crippen LogP contribution in [-0.4, -0.2) is 26.8 Å². The number of aromatic nitrogens is 3. The predicted octanol–water partition coefficient (Wildman–Crippen LogP) is 4.19. The van der Waals surface area contributed by atoms with Crippen molar-refractivity contribution in [2.24, 2.45) is 0 Å². The summed E-state index contributed by atoms with van der Waals surface area (Å²) in [5, 5.41) is 6.76. The Hall–Kier alpha value is -3.65. The monoisotopic (exact) mass is 431 g/mol. The van der Waals surface area contributed by atoms with Gasteiger partial charge in [0.25, 0.3) is 11.8 Å². The highest BCUT2D eigenvalue weighted by Crippen LogP contribution is 2.31. The van der Waals surface area contributed by atoms with E-state index in [4.69, 9.17) is 0 Å². The summed E-state index contributed by atoms with van der Waals surface area (Å²) >= 11 is 1.38. The van der Waals surface area contributed by atoms with Crippen LogP contribution in [0, 0.1) is 20.8 Å². The van der Waals surface area contributed by atoms with Gasteiger partial charge in [0.05, 0.1) is 10.4 Å². The Morgan fingerprint density at radius 1 is 1.03 bits per heavy atom. The second-order valence-corrected chi connectivity index (χ2v) is 8.17. The third-order valence-corrected chi connectivity index (χ3v) is 6.04. The number of benzene rings is 1. The number of pyridine rings is 1. The number of fused-ring (bicyclic) bond motifs is 1. The Bertz CT molecular complexity index is 1280. The van der Waals surface area contributed by atoms with Crippen molar-refractivity contribution < 1.29 is 9.59 Å². The van der Waals surface area contributed by atoms with Crippen LogP contribution in [0.4, 0.5) is 5.69 Å². The fourth-order valence-corrected chi connectivity index (χ4v) is 4.61. The molecule has 8 heteroatoms. The summed E-state index contributed by atoms with van der Waals surface area (Å²) < 4.78 is 0. The second-order valence-electron chi connectivity index (χ2n) is 7.17. The van der Waals surface area contributed by atoms with E-state index in [-0.39, 0.29) is 11.8 Å². The Morgan fingerprint density at radius 3 is 2.65 bits per heavy atom. The molecule has 0 radical (unpaired) electrons. The van der Waals surface area contributed by atoms with Crippen LogP contribution in [0.25, 0.3) is 10.2 Å². The molecular weight excluding hydrogens is 410 g/mol. The number of aryl methyl sites for hydroxylation is 3. The molecule has 156 valence electrons. The van der Waals surface area contributed by atoms with Crippen molar-refractivity contribution in [2.45, 2.75) is 27.3 Å². The molecule has 3 aromatic heterocycles. The van der Waals surface area contributed by atoms with Gasteiger partial charge in [0.1, 0.15) is 10.7 Å². The molecule has 0 aliphatic rings. The summed E-state index contributed by atoms with van der Waals surface area (Å²) in [6.07, 6.45) is 3.13. The van der Waals surface area contributed by atoms with Crippen LogP contribution in [0.5, 0.6) is 0 Å². The number of nitrogens with one attached hydrogen (secondary N) is 2. The third-order valence-electron chi connectivity index (χ3n) is 4.85. The van der Waals surface area contributed by atoms with Crippen molar-refractivity contribution in [3.05, 3.63) is 81.9 Å². The maximum Gasteiger partial charge on any atom is 0.261 e. The molecule has 0 unspecified atom stereocenters. The summed E-state index contributed by atoms with van der Waals surface area (Å²) in [4.78, 5) is 39.4. The van der Waals surface area contributed by atoms with E-state index in [2.05, 4.69) is 25.6 Å². The summed E-state index contributed by atoms with van der Waals surface area (Å²) in [6.45, 7) is 6.05. The Kier molecular flexibility index (Phi) is 5.73. The molecule has 0 atom stereocenters. The number of nitrogens with zero attached hydrogens (tertiary/aromatic N) is 3. The van der Waals surface area contributed by atoms with E-state index in [1.807, 2.05) is 39.0 Å². The molecular formula is C23H21N5O2S. The molecule has 0 aliphatic heterocycles. The highest BCUT2D eigenvalue weighted by Gasteiger charge is 2.18. The Balaban J connectivity index is 1.46. The van der Waals surface area contributed by atoms with E-state index >= 15 is 0 Å². The standard InChI is InChI=1S/C23H21N5O2S/c1-13-19-14(2)26-15(3)27-23(19)31-20(13)22(30)25-11-16-6-4-8-18(10-16)28-21(29)17-7-5-9-24-12-17/h4-10,12H,11H2,1-3H3,(H,25,30)(H,28,29). The van der Waals surface area contributed by atoms with Crippen molar-refractivity contribution in [3.8, 4) is 0 Å². The maximum absolute atomic E-state index is 12.8. The zero-order valence-corrected chi connectivity index (χ0v) is 18.2. The van der Waals surface area contributed by atoms with Gasteiger partial charge in [-0.3, -0.25) is 14.6 Å². The van der Waals surface area contributed by atoms with Gasteiger partial charge in [0.15, 0.2) is 0 Å². The molecule has 0 spiro atoms. The fraction of sp³-hybridized carbons (Fsp3) is 0.174. The van der Waals surface area contributed by atoms with Gasteiger partial charge in [0, 0.05) is 35.7 Å². The molecule has 0 saturated carbocycles. The van der Waals surface area contributed by atoms with Crippen molar-refractivity contribution in [2.75, 3.05) is 5.32 Å². The third kappa shape index (κ3) is 4.44. The van der Waals surface area contributed by atoms with Crippen molar-refractivity contribution in [1.29, 1.82) is 0 Å². The van der Waals surface area contributed by atoms with Crippen molar-refractivity contribution in [3.63, 3.8) is 0 Å². The summed E-state index contributed by atoms with van der Waals surface area (Å²) in [6, 6.07) is 10.8. The largest absolute Gasteiger partial charge is 0.347 e. The molecule has 4 rings (SSSR count). The highest BCUT2D eigenvalue weighted by atomic mass is 32.1. The van der Waals surface area contributed by atoms with E-state index in [9.17, 15) is 9.59 Å². The first-order valence-corrected chi connectivity index (χ1v) is 10.6. The molecule has 0 fully saturated rings. The topological polar surface area (TPSA) is 96.9 Å². The normalized spacial score (nSPS) is 10.8. The van der Waals surface area contributed by atoms with Gasteiger partial charge in [0.2, 0.25) is 0 Å². The number of hydrogen-bond acceptors (Lipinski definition) is 6. The van der Waals surface area contributed by atoms with Gasteiger partial charge in [-0.15, -0.1) is 11.3 Å². The van der Waals surface area contributed by atoms with Gasteiger partial charge < -0.3 is 10.6 Å². The molecule has 2 N–H and O–H groups in total. The van der Waals surface area contributed by atoms with Crippen LogP contribution in [0.1, 0.15) is 42.7 Å². The van der Waals surface area contributed by atoms with Gasteiger partial charge in [-0.25, -0.2) is 9.97 Å². The minimum atomic E-state index is -0.234. The number of thiophene rings is 1. The number of amides is 2. The van der Waals surface area contributed by atoms with Gasteiger partial charge in [-0.2, -0.15) is 0 Å². The van der Waals surface area contributed by atoms with Crippen LogP contribution < -0.4 is 10.6 Å². The first kappa shape index (κ1) is 20.6. The van der Waals surface area contributed by atoms with Crippen LogP contribution in [-0.2, 0) is 6.54 Å². The second kappa shape index (κ2) is 8.61. The average Bonchev–Trinajstić information content (AvgIpc) is 3.09. The predicted molar refractivity (Wildman–Crippen MR) is 121 cm³/mol. The van der Waals surface area contributed by atoms with Crippen LogP contribution in [0.2, 0.25) is 0 Å². The van der Waals surface area contributed by atoms with E-state index in [1.165, 1.54) is 17.5 Å². The van der Waals surface area contributed by atoms with E-state index in [1.54, 1.807) is 24.4 Å². The minimum Gasteiger partial charge on any atom is -0.347 e. The van der Waals surface area contributed by atoms with E-state index in [0.29, 0.717) is 28.5 Å². The highest BCUT2D eigenvalue weighted by molar-refractivity contribution is 7.20. The lowest BCUT2D eigenvalue weighted by Crippen LogP contribution is -2.22. The number of carbonyl (C=O) groups excluding carboxylic acids is 2. The Labute approximate surface area is 183 Å². The van der Waals surface area contributed by atoms with E-state index < -0.39 is 0 Å². The van der Waals surface area contributed by atoms with Crippen molar-refractivity contribution in [1.82, 2.24) is 20.3 Å². The lowest BCUT2D eigenvalue weighted by molar-refractivity contribution is 0.0953. The molecule has 0 bridgehead atoms. The SMILES string of the molecule is Cc1nc(C)c2c(C)c(C(=O)NCc3cccc(NC(=O)c4cccnc4)c3)sc2n1. The fourth-order valence-electron chi connectivity index (χ4n) is 3.41. The molecule has 0 aliphatic carbocycles. The molecule has 31 heavy (non-hydrogen) atoms. The average molecular weight is 432 g/mol. The lowest BCUT2D eigenvalue weighted by Gasteiger charge is -2.09. The maximum atomic E-state index is 12.8. The summed E-state index contributed by atoms with van der Waals surface area (Å²) in [5.74, 6) is 0.313. The van der Waals surface area contributed by atoms with Crippen molar-refractivity contribution >= 4 is 39.1 Å². The van der Waals surface area contributed by atoms with Gasteiger partial charge in [-0.1, -0.05) is 12.1 Å². The molecule has 0 saturated heterocycles. The van der Waals surface area contributed by atoms with E-state index in [0.717, 1.165) is 27.0 Å². The quantitative estimate of drug-likeness (QED) is 0.494. The van der Waals surface area contributed by atoms with Crippen LogP contribution in [0.15, 0.2) is 48.8 Å². The van der Waals surface area contributed by atoms with Gasteiger partial charge >= 0.3 is 0 Å². The molecule has 7 nitrogen and oxygen atoms in total. The zero-order valence-electron chi connectivity index (χ0n) is 17.4. The number of carbonyl (C=O) groups is 2. The molecule has 3 heterocycles. The Morgan fingerprint density at radius 2 is 1.87 bits per heavy atom. The van der Waals surface area contributed by atoms with Gasteiger partial charge in [-0.05, 0) is 56.2 Å². The minimum absolute atomic E-state index is 0.151. The van der Waals surface area contributed by atoms with Crippen LogP contribution in [0.3, 0.4) is 0 Å². The number of hydrogen-bond donors (Lipinski definition) is 2. The molecule has 4 aromatic rings. The lowest BCUT2D eigenvalue weighted by atomic mass is 10.1. The smallest absolute Gasteiger partial charge is 0.261 e. The number of rotatable bonds is 5. The molecule has 2 amide bonds. The number of anilines is 1. The van der Waals surface area contributed by atoms with Crippen LogP contribution >= 0.6 is 11.3 Å². The summed E-state index contributed by atoms with van der Waals surface area (Å²) in [5.41, 5.74) is 3.79. The molecule has 1 aromatic carbocycles. The zero-order chi connectivity index (χ0) is 22.0. The first-order valence-electron chi connectivity index (χ1n) is 9.75.